The van der Waals surface area contributed by atoms with Crippen LogP contribution in [0.4, 0.5) is 0 Å². The van der Waals surface area contributed by atoms with Gasteiger partial charge in [-0.1, -0.05) is 97.2 Å². The van der Waals surface area contributed by atoms with Gasteiger partial charge in [-0.25, -0.2) is 12.1 Å². The SMILES string of the molecule is CC(C)(C)P(Cc1ccc[c-]1CP(C(C)(C)C)C(C)(C)C)C(C)(C)C.[Fe].[Pd].[cH-]1[cH-][cH-][cH-][cH-]1. The minimum atomic E-state index is -0.0835. The summed E-state index contributed by atoms with van der Waals surface area (Å²) in [5.74, 6) is 0. The minimum absolute atomic E-state index is 0. The van der Waals surface area contributed by atoms with Gasteiger partial charge in [0.25, 0.3) is 0 Å². The van der Waals surface area contributed by atoms with Gasteiger partial charge < -0.3 is 30.3 Å². The summed E-state index contributed by atoms with van der Waals surface area (Å²) in [7, 11) is -0.167. The molecule has 2 aromatic carbocycles. The second kappa shape index (κ2) is 13.7. The van der Waals surface area contributed by atoms with E-state index < -0.39 is 0 Å². The molecule has 0 bridgehead atoms. The van der Waals surface area contributed by atoms with Crippen LogP contribution in [0.1, 0.15) is 94.2 Å². The van der Waals surface area contributed by atoms with Gasteiger partial charge in [0.2, 0.25) is 0 Å². The Balaban J connectivity index is 0. The van der Waals surface area contributed by atoms with Crippen molar-refractivity contribution in [2.45, 2.75) is 116 Å². The van der Waals surface area contributed by atoms with Gasteiger partial charge in [-0.05, 0) is 26.8 Å². The third kappa shape index (κ3) is 11.9. The van der Waals surface area contributed by atoms with Crippen LogP contribution in [0.15, 0.2) is 48.5 Å². The molecule has 0 amide bonds. The number of hydrogen-bond acceptors (Lipinski definition) is 0. The molecule has 0 heterocycles. The fourth-order valence-electron chi connectivity index (χ4n) is 4.43. The van der Waals surface area contributed by atoms with Gasteiger partial charge in [-0.2, -0.15) is 11.6 Å². The van der Waals surface area contributed by atoms with Gasteiger partial charge in [0.15, 0.2) is 0 Å². The van der Waals surface area contributed by atoms with E-state index in [-0.39, 0.29) is 53.3 Å². The first kappa shape index (κ1) is 34.9. The zero-order valence-electron chi connectivity index (χ0n) is 22.6. The summed E-state index contributed by atoms with van der Waals surface area (Å²) < 4.78 is 0. The second-order valence-corrected chi connectivity index (χ2v) is 20.1. The van der Waals surface area contributed by atoms with Gasteiger partial charge in [-0.3, -0.25) is 0 Å². The molecule has 0 spiro atoms. The molecule has 0 saturated heterocycles. The molecule has 0 aliphatic carbocycles. The molecule has 0 fully saturated rings. The number of rotatable bonds is 4. The van der Waals surface area contributed by atoms with Crippen LogP contribution in [0.2, 0.25) is 0 Å². The summed E-state index contributed by atoms with van der Waals surface area (Å²) in [6, 6.07) is 17.1. The maximum atomic E-state index is 2.43. The number of hydrogen-bond donors (Lipinski definition) is 0. The Bertz CT molecular complexity index is 626. The average molecular weight is 609 g/mol. The van der Waals surface area contributed by atoms with Crippen LogP contribution >= 0.6 is 15.8 Å². The van der Waals surface area contributed by atoms with Gasteiger partial charge in [0.1, 0.15) is 0 Å². The molecule has 2 rings (SSSR count). The molecule has 0 radical (unpaired) electrons. The van der Waals surface area contributed by atoms with Crippen molar-refractivity contribution < 1.29 is 37.5 Å². The van der Waals surface area contributed by atoms with Crippen LogP contribution in [0, 0.1) is 0 Å². The Morgan fingerprint density at radius 2 is 1.00 bits per heavy atom. The predicted molar refractivity (Wildman–Crippen MR) is 144 cm³/mol. The Morgan fingerprint density at radius 1 is 0.656 bits per heavy atom. The maximum absolute atomic E-state index is 2.43. The molecule has 194 valence electrons. The van der Waals surface area contributed by atoms with E-state index in [2.05, 4.69) is 101 Å². The van der Waals surface area contributed by atoms with Crippen molar-refractivity contribution in [3.05, 3.63) is 59.7 Å². The van der Waals surface area contributed by atoms with E-state index >= 15 is 0 Å². The van der Waals surface area contributed by atoms with E-state index in [9.17, 15) is 0 Å². The standard InChI is InChI=1S/C23H43P2.C5H5.Fe.Pd/c1-20(2,3)24(21(4,5)6)16-18-14-13-15-19(18)17-25(22(7,8)9)23(10,11)12;1-2-4-5-3-1;;/h13-15H,16-17H2,1-12H3;1-5H;;/q-1;-5;;. The molecule has 0 aliphatic heterocycles. The smallest absolute Gasteiger partial charge is 0 e. The molecular weight excluding hydrogens is 561 g/mol. The summed E-state index contributed by atoms with van der Waals surface area (Å²) in [6.07, 6.45) is 2.53. The van der Waals surface area contributed by atoms with Crippen LogP contribution in [-0.4, -0.2) is 20.6 Å². The summed E-state index contributed by atoms with van der Waals surface area (Å²) in [5, 5.41) is 1.56. The molecule has 4 heteroatoms. The Morgan fingerprint density at radius 3 is 1.31 bits per heavy atom. The maximum Gasteiger partial charge on any atom is 0 e. The minimum Gasteiger partial charge on any atom is -0.748 e. The normalized spacial score (nSPS) is 12.7. The average Bonchev–Trinajstić information content (AvgIpc) is 3.20. The van der Waals surface area contributed by atoms with E-state index in [1.165, 1.54) is 12.3 Å². The van der Waals surface area contributed by atoms with E-state index in [1.807, 2.05) is 30.3 Å². The topological polar surface area (TPSA) is 0 Å². The zero-order valence-corrected chi connectivity index (χ0v) is 27.0. The van der Waals surface area contributed by atoms with E-state index in [1.54, 1.807) is 11.1 Å². The molecule has 0 saturated carbocycles. The largest absolute Gasteiger partial charge is 0.748 e. The molecule has 0 aromatic heterocycles. The second-order valence-electron chi connectivity index (χ2n) is 12.4. The Hall–Kier alpha value is 0.742. The predicted octanol–water partition coefficient (Wildman–Crippen LogP) is 9.96. The van der Waals surface area contributed by atoms with E-state index in [4.69, 9.17) is 0 Å². The third-order valence-corrected chi connectivity index (χ3v) is 13.3. The summed E-state index contributed by atoms with van der Waals surface area (Å²) >= 11 is 0. The van der Waals surface area contributed by atoms with Crippen LogP contribution in [0.5, 0.6) is 0 Å². The molecule has 2 aromatic rings. The summed E-state index contributed by atoms with van der Waals surface area (Å²) in [4.78, 5) is 0. The fourth-order valence-corrected chi connectivity index (χ4v) is 11.6. The molecular formula is C28H48FeP2Pd-6. The molecule has 0 aliphatic rings. The quantitative estimate of drug-likeness (QED) is 0.184. The summed E-state index contributed by atoms with van der Waals surface area (Å²) in [5.41, 5.74) is 3.24. The Kier molecular flexibility index (Phi) is 15.0. The first-order chi connectivity index (χ1) is 13.4. The molecule has 32 heavy (non-hydrogen) atoms. The van der Waals surface area contributed by atoms with Gasteiger partial charge >= 0.3 is 0 Å². The van der Waals surface area contributed by atoms with Gasteiger partial charge in [0.05, 0.1) is 0 Å². The van der Waals surface area contributed by atoms with Crippen molar-refractivity contribution in [2.75, 3.05) is 0 Å². The van der Waals surface area contributed by atoms with Crippen LogP contribution in [-0.2, 0) is 49.8 Å². The third-order valence-electron chi connectivity index (χ3n) is 5.46. The van der Waals surface area contributed by atoms with Crippen molar-refractivity contribution in [3.8, 4) is 0 Å². The Labute approximate surface area is 227 Å². The van der Waals surface area contributed by atoms with Gasteiger partial charge in [-0.15, -0.1) is 13.5 Å². The fraction of sp³-hybridized carbons (Fsp3) is 0.643. The van der Waals surface area contributed by atoms with Crippen LogP contribution < -0.4 is 0 Å². The van der Waals surface area contributed by atoms with Crippen molar-refractivity contribution in [1.29, 1.82) is 0 Å². The van der Waals surface area contributed by atoms with E-state index in [0.717, 1.165) is 0 Å². The zero-order chi connectivity index (χ0) is 23.4. The molecule has 0 nitrogen and oxygen atoms in total. The molecule has 0 atom stereocenters. The van der Waals surface area contributed by atoms with Gasteiger partial charge in [0, 0.05) is 37.5 Å². The van der Waals surface area contributed by atoms with Crippen molar-refractivity contribution >= 4 is 15.8 Å². The molecule has 0 unspecified atom stereocenters. The monoisotopic (exact) mass is 608 g/mol. The first-order valence-corrected chi connectivity index (χ1v) is 14.4. The first-order valence-electron chi connectivity index (χ1n) is 11.4. The van der Waals surface area contributed by atoms with Crippen LogP contribution in [0.3, 0.4) is 0 Å². The van der Waals surface area contributed by atoms with Crippen molar-refractivity contribution in [1.82, 2.24) is 0 Å². The van der Waals surface area contributed by atoms with Crippen molar-refractivity contribution in [2.24, 2.45) is 0 Å². The summed E-state index contributed by atoms with van der Waals surface area (Å²) in [6.45, 7) is 29.2. The van der Waals surface area contributed by atoms with Crippen LogP contribution in [0.25, 0.3) is 0 Å². The van der Waals surface area contributed by atoms with Crippen molar-refractivity contribution in [3.63, 3.8) is 0 Å². The molecule has 0 N–H and O–H groups in total. The van der Waals surface area contributed by atoms with E-state index in [0.29, 0.717) is 20.6 Å².